The predicted molar refractivity (Wildman–Crippen MR) is 47.1 cm³/mol. The van der Waals surface area contributed by atoms with E-state index in [-0.39, 0.29) is 0 Å². The first kappa shape index (κ1) is 8.28. The van der Waals surface area contributed by atoms with Gasteiger partial charge >= 0.3 is 0 Å². The van der Waals surface area contributed by atoms with Crippen molar-refractivity contribution in [1.82, 2.24) is 4.90 Å². The van der Waals surface area contributed by atoms with Crippen LogP contribution in [-0.2, 0) is 6.54 Å². The van der Waals surface area contributed by atoms with E-state index in [4.69, 9.17) is 6.92 Å². The molecular formula is C10H13N. The molecule has 1 rings (SSSR count). The van der Waals surface area contributed by atoms with Gasteiger partial charge in [0.15, 0.2) is 0 Å². The maximum atomic E-state index is 5.45. The summed E-state index contributed by atoms with van der Waals surface area (Å²) < 4.78 is 0. The highest BCUT2D eigenvalue weighted by atomic mass is 15.1. The summed E-state index contributed by atoms with van der Waals surface area (Å²) in [5, 5.41) is 0. The van der Waals surface area contributed by atoms with Crippen LogP contribution in [0.15, 0.2) is 30.3 Å². The average molecular weight is 147 g/mol. The van der Waals surface area contributed by atoms with Gasteiger partial charge in [-0.3, -0.25) is 0 Å². The van der Waals surface area contributed by atoms with Crippen molar-refractivity contribution in [2.45, 2.75) is 6.54 Å². The van der Waals surface area contributed by atoms with Crippen LogP contribution in [0.3, 0.4) is 0 Å². The molecule has 58 valence electrons. The normalized spacial score (nSPS) is 10.5. The highest BCUT2D eigenvalue weighted by molar-refractivity contribution is 5.14. The minimum absolute atomic E-state index is 0.606. The molecule has 0 saturated heterocycles. The molecule has 0 aliphatic heterocycles. The van der Waals surface area contributed by atoms with E-state index in [1.165, 1.54) is 5.56 Å². The second kappa shape index (κ2) is 4.14. The van der Waals surface area contributed by atoms with Gasteiger partial charge in [-0.1, -0.05) is 30.3 Å². The number of hydrogen-bond donors (Lipinski definition) is 0. The molecule has 1 nitrogen and oxygen atoms in total. The van der Waals surface area contributed by atoms with Crippen LogP contribution < -0.4 is 0 Å². The largest absolute Gasteiger partial charge is 0.302 e. The van der Waals surface area contributed by atoms with Crippen molar-refractivity contribution in [1.29, 1.82) is 0 Å². The van der Waals surface area contributed by atoms with E-state index in [1.807, 2.05) is 25.2 Å². The molecule has 0 amide bonds. The first-order valence-electron chi connectivity index (χ1n) is 3.75. The van der Waals surface area contributed by atoms with Crippen molar-refractivity contribution in [2.75, 3.05) is 13.6 Å². The fourth-order valence-electron chi connectivity index (χ4n) is 0.960. The SMILES string of the molecule is [CH]CN(C)Cc1ccccc1. The summed E-state index contributed by atoms with van der Waals surface area (Å²) in [7, 11) is 2.01. The summed E-state index contributed by atoms with van der Waals surface area (Å²) in [6.45, 7) is 6.98. The Balaban J connectivity index is 2.51. The van der Waals surface area contributed by atoms with Crippen LogP contribution in [0.4, 0.5) is 0 Å². The number of hydrogen-bond acceptors (Lipinski definition) is 1. The second-order valence-electron chi connectivity index (χ2n) is 2.68. The van der Waals surface area contributed by atoms with Gasteiger partial charge in [-0.05, 0) is 19.5 Å². The monoisotopic (exact) mass is 147 g/mol. The zero-order chi connectivity index (χ0) is 8.10. The third-order valence-electron chi connectivity index (χ3n) is 1.61. The molecule has 0 bridgehead atoms. The lowest BCUT2D eigenvalue weighted by Gasteiger charge is -2.12. The summed E-state index contributed by atoms with van der Waals surface area (Å²) in [6.07, 6.45) is 0. The molecule has 0 fully saturated rings. The average Bonchev–Trinajstić information content (AvgIpc) is 2.06. The summed E-state index contributed by atoms with van der Waals surface area (Å²) in [5.74, 6) is 0. The molecular weight excluding hydrogens is 134 g/mol. The van der Waals surface area contributed by atoms with Crippen LogP contribution >= 0.6 is 0 Å². The molecule has 0 spiro atoms. The Bertz CT molecular complexity index is 193. The molecule has 1 heteroatoms. The quantitative estimate of drug-likeness (QED) is 0.630. The Morgan fingerprint density at radius 2 is 1.91 bits per heavy atom. The first-order valence-corrected chi connectivity index (χ1v) is 3.75. The van der Waals surface area contributed by atoms with Gasteiger partial charge < -0.3 is 4.90 Å². The molecule has 11 heavy (non-hydrogen) atoms. The number of benzene rings is 1. The van der Waals surface area contributed by atoms with Crippen LogP contribution in [0.5, 0.6) is 0 Å². The van der Waals surface area contributed by atoms with E-state index in [2.05, 4.69) is 17.0 Å². The minimum atomic E-state index is 0.606. The van der Waals surface area contributed by atoms with Gasteiger partial charge in [0.1, 0.15) is 0 Å². The van der Waals surface area contributed by atoms with Gasteiger partial charge in [-0.2, -0.15) is 0 Å². The number of nitrogens with zero attached hydrogens (tertiary/aromatic N) is 1. The topological polar surface area (TPSA) is 3.24 Å². The van der Waals surface area contributed by atoms with E-state index in [0.29, 0.717) is 6.54 Å². The Kier molecular flexibility index (Phi) is 3.12. The highest BCUT2D eigenvalue weighted by Crippen LogP contribution is 2.01. The second-order valence-corrected chi connectivity index (χ2v) is 2.68. The fraction of sp³-hybridized carbons (Fsp3) is 0.300. The van der Waals surface area contributed by atoms with Gasteiger partial charge in [0.25, 0.3) is 0 Å². The maximum Gasteiger partial charge on any atom is 0.0230 e. The van der Waals surface area contributed by atoms with Gasteiger partial charge in [0, 0.05) is 13.1 Å². The molecule has 0 N–H and O–H groups in total. The first-order chi connectivity index (χ1) is 5.33. The van der Waals surface area contributed by atoms with E-state index < -0.39 is 0 Å². The molecule has 0 unspecified atom stereocenters. The third kappa shape index (κ3) is 2.72. The molecule has 0 aliphatic rings. The standard InChI is InChI=1S/C10H13N/c1-3-11(2)9-10-7-5-4-6-8-10/h1,4-8H,3,9H2,2H3. The fourth-order valence-corrected chi connectivity index (χ4v) is 0.960. The lowest BCUT2D eigenvalue weighted by Crippen LogP contribution is -2.16. The van der Waals surface area contributed by atoms with Gasteiger partial charge in [-0.15, -0.1) is 0 Å². The summed E-state index contributed by atoms with van der Waals surface area (Å²) in [4.78, 5) is 2.06. The van der Waals surface area contributed by atoms with E-state index in [1.54, 1.807) is 0 Å². The molecule has 2 radical (unpaired) electrons. The zero-order valence-electron chi connectivity index (χ0n) is 6.83. The summed E-state index contributed by atoms with van der Waals surface area (Å²) >= 11 is 0. The van der Waals surface area contributed by atoms with Crippen LogP contribution in [-0.4, -0.2) is 18.5 Å². The van der Waals surface area contributed by atoms with Gasteiger partial charge in [0.2, 0.25) is 0 Å². The molecule has 0 heterocycles. The van der Waals surface area contributed by atoms with Crippen LogP contribution in [0.2, 0.25) is 0 Å². The van der Waals surface area contributed by atoms with Crippen molar-refractivity contribution in [3.05, 3.63) is 42.8 Å². The smallest absolute Gasteiger partial charge is 0.0230 e. The Labute approximate surface area is 68.7 Å². The zero-order valence-corrected chi connectivity index (χ0v) is 6.83. The van der Waals surface area contributed by atoms with Crippen molar-refractivity contribution in [3.63, 3.8) is 0 Å². The molecule has 1 aromatic carbocycles. The highest BCUT2D eigenvalue weighted by Gasteiger charge is 1.94. The van der Waals surface area contributed by atoms with Crippen LogP contribution in [0, 0.1) is 6.92 Å². The lowest BCUT2D eigenvalue weighted by molar-refractivity contribution is 0.362. The van der Waals surface area contributed by atoms with E-state index in [9.17, 15) is 0 Å². The van der Waals surface area contributed by atoms with Crippen molar-refractivity contribution in [3.8, 4) is 0 Å². The molecule has 1 aromatic rings. The lowest BCUT2D eigenvalue weighted by atomic mass is 10.2. The molecule has 0 atom stereocenters. The Morgan fingerprint density at radius 1 is 1.27 bits per heavy atom. The van der Waals surface area contributed by atoms with E-state index >= 15 is 0 Å². The molecule has 0 aliphatic carbocycles. The van der Waals surface area contributed by atoms with Crippen molar-refractivity contribution >= 4 is 0 Å². The molecule has 0 aromatic heterocycles. The summed E-state index contributed by atoms with van der Waals surface area (Å²) in [6, 6.07) is 10.3. The molecule has 0 saturated carbocycles. The predicted octanol–water partition coefficient (Wildman–Crippen LogP) is 1.83. The maximum absolute atomic E-state index is 5.45. The van der Waals surface area contributed by atoms with Crippen LogP contribution in [0.25, 0.3) is 0 Å². The van der Waals surface area contributed by atoms with Crippen LogP contribution in [0.1, 0.15) is 5.56 Å². The summed E-state index contributed by atoms with van der Waals surface area (Å²) in [5.41, 5.74) is 1.31. The Hall–Kier alpha value is -0.820. The minimum Gasteiger partial charge on any atom is -0.302 e. The van der Waals surface area contributed by atoms with Gasteiger partial charge in [-0.25, -0.2) is 0 Å². The number of rotatable bonds is 3. The van der Waals surface area contributed by atoms with Crippen molar-refractivity contribution in [2.24, 2.45) is 0 Å². The van der Waals surface area contributed by atoms with Gasteiger partial charge in [0.05, 0.1) is 0 Å². The van der Waals surface area contributed by atoms with E-state index in [0.717, 1.165) is 6.54 Å². The Morgan fingerprint density at radius 3 is 2.45 bits per heavy atom. The van der Waals surface area contributed by atoms with Crippen molar-refractivity contribution < 1.29 is 0 Å². The third-order valence-corrected chi connectivity index (χ3v) is 1.61.